The van der Waals surface area contributed by atoms with Crippen molar-refractivity contribution in [2.24, 2.45) is 0 Å². The van der Waals surface area contributed by atoms with E-state index in [1.807, 2.05) is 12.1 Å². The molecule has 3 rings (SSSR count). The summed E-state index contributed by atoms with van der Waals surface area (Å²) in [7, 11) is -3.91. The van der Waals surface area contributed by atoms with Crippen LogP contribution in [0.5, 0.6) is 11.5 Å². The summed E-state index contributed by atoms with van der Waals surface area (Å²) in [6.07, 6.45) is 0. The second-order valence-corrected chi connectivity index (χ2v) is 8.05. The first-order chi connectivity index (χ1) is 14.8. The van der Waals surface area contributed by atoms with E-state index in [-0.39, 0.29) is 27.8 Å². The molecule has 0 saturated carbocycles. The molecule has 3 aromatic carbocycles. The predicted molar refractivity (Wildman–Crippen MR) is 114 cm³/mol. The van der Waals surface area contributed by atoms with E-state index in [0.717, 1.165) is 0 Å². The minimum Gasteiger partial charge on any atom is -0.456 e. The molecule has 3 aromatic rings. The highest BCUT2D eigenvalue weighted by Crippen LogP contribution is 2.29. The van der Waals surface area contributed by atoms with Crippen LogP contribution in [-0.4, -0.2) is 14.3 Å². The topological polar surface area (TPSA) is 132 Å². The minimum absolute atomic E-state index is 0.00183. The molecule has 8 nitrogen and oxygen atoms in total. The highest BCUT2D eigenvalue weighted by molar-refractivity contribution is 7.92. The van der Waals surface area contributed by atoms with E-state index >= 15 is 0 Å². The van der Waals surface area contributed by atoms with Gasteiger partial charge in [-0.3, -0.25) is 9.52 Å². The quantitative estimate of drug-likeness (QED) is 0.605. The third-order valence-electron chi connectivity index (χ3n) is 4.05. The van der Waals surface area contributed by atoms with Gasteiger partial charge in [0.1, 0.15) is 17.6 Å². The molecule has 0 aliphatic heterocycles. The van der Waals surface area contributed by atoms with Gasteiger partial charge in [0, 0.05) is 12.6 Å². The zero-order valence-electron chi connectivity index (χ0n) is 16.3. The third-order valence-corrected chi connectivity index (χ3v) is 5.45. The average molecular weight is 432 g/mol. The smallest absolute Gasteiger partial charge is 0.261 e. The fraction of sp³-hybridized carbons (Fsp3) is 0.0455. The van der Waals surface area contributed by atoms with Gasteiger partial charge in [0.15, 0.2) is 0 Å². The first-order valence-electron chi connectivity index (χ1n) is 8.93. The molecule has 0 heterocycles. The molecular weight excluding hydrogens is 416 g/mol. The number of rotatable bonds is 6. The maximum atomic E-state index is 12.6. The fourth-order valence-electron chi connectivity index (χ4n) is 2.63. The van der Waals surface area contributed by atoms with Gasteiger partial charge in [-0.2, -0.15) is 10.5 Å². The Morgan fingerprint density at radius 3 is 2.13 bits per heavy atom. The first kappa shape index (κ1) is 21.4. The maximum Gasteiger partial charge on any atom is 0.261 e. The summed E-state index contributed by atoms with van der Waals surface area (Å²) in [6, 6.07) is 20.3. The Hall–Kier alpha value is -4.34. The molecule has 0 unspecified atom stereocenters. The largest absolute Gasteiger partial charge is 0.456 e. The zero-order valence-corrected chi connectivity index (χ0v) is 17.1. The predicted octanol–water partition coefficient (Wildman–Crippen LogP) is 3.98. The number of nitrogens with zero attached hydrogens (tertiary/aromatic N) is 2. The summed E-state index contributed by atoms with van der Waals surface area (Å²) in [4.78, 5) is 11.1. The molecule has 31 heavy (non-hydrogen) atoms. The van der Waals surface area contributed by atoms with Crippen LogP contribution in [-0.2, 0) is 14.8 Å². The van der Waals surface area contributed by atoms with Gasteiger partial charge < -0.3 is 10.1 Å². The number of sulfonamides is 1. The van der Waals surface area contributed by atoms with Crippen molar-refractivity contribution in [2.75, 3.05) is 10.0 Å². The van der Waals surface area contributed by atoms with Crippen LogP contribution in [0.3, 0.4) is 0 Å². The number of nitrogens with one attached hydrogen (secondary N) is 2. The molecule has 1 amide bonds. The van der Waals surface area contributed by atoms with Crippen molar-refractivity contribution in [3.05, 3.63) is 77.9 Å². The number of benzene rings is 3. The third kappa shape index (κ3) is 5.38. The number of hydrogen-bond donors (Lipinski definition) is 2. The number of carbonyl (C=O) groups excluding carboxylic acids is 1. The highest BCUT2D eigenvalue weighted by atomic mass is 32.2. The van der Waals surface area contributed by atoms with Gasteiger partial charge in [0.05, 0.1) is 27.8 Å². The Morgan fingerprint density at radius 2 is 1.55 bits per heavy atom. The molecule has 0 bridgehead atoms. The van der Waals surface area contributed by atoms with Gasteiger partial charge in [-0.15, -0.1) is 0 Å². The lowest BCUT2D eigenvalue weighted by Crippen LogP contribution is -2.13. The van der Waals surface area contributed by atoms with E-state index in [1.54, 1.807) is 24.3 Å². The molecule has 0 fully saturated rings. The fourth-order valence-corrected chi connectivity index (χ4v) is 3.68. The Bertz CT molecular complexity index is 1300. The number of ether oxygens (including phenoxy) is 1. The Morgan fingerprint density at radius 1 is 0.903 bits per heavy atom. The Balaban J connectivity index is 1.79. The molecule has 0 aromatic heterocycles. The van der Waals surface area contributed by atoms with Gasteiger partial charge in [0.25, 0.3) is 10.0 Å². The van der Waals surface area contributed by atoms with Crippen LogP contribution in [0, 0.1) is 22.7 Å². The van der Waals surface area contributed by atoms with E-state index < -0.39 is 10.0 Å². The van der Waals surface area contributed by atoms with Crippen LogP contribution in [0.4, 0.5) is 11.4 Å². The van der Waals surface area contributed by atoms with Crippen molar-refractivity contribution in [1.29, 1.82) is 10.5 Å². The molecule has 0 radical (unpaired) electrons. The summed E-state index contributed by atoms with van der Waals surface area (Å²) in [5, 5.41) is 20.8. The lowest BCUT2D eigenvalue weighted by atomic mass is 10.2. The van der Waals surface area contributed by atoms with E-state index in [2.05, 4.69) is 10.0 Å². The molecular formula is C22H16N4O4S. The van der Waals surface area contributed by atoms with Gasteiger partial charge in [-0.1, -0.05) is 0 Å². The van der Waals surface area contributed by atoms with Crippen LogP contribution in [0.2, 0.25) is 0 Å². The molecule has 0 aliphatic carbocycles. The zero-order chi connectivity index (χ0) is 22.4. The van der Waals surface area contributed by atoms with Crippen molar-refractivity contribution in [3.8, 4) is 23.6 Å². The Kier molecular flexibility index (Phi) is 6.20. The van der Waals surface area contributed by atoms with E-state index in [1.165, 1.54) is 49.4 Å². The lowest BCUT2D eigenvalue weighted by Gasteiger charge is -2.12. The summed E-state index contributed by atoms with van der Waals surface area (Å²) >= 11 is 0. The van der Waals surface area contributed by atoms with Crippen LogP contribution in [0.25, 0.3) is 0 Å². The van der Waals surface area contributed by atoms with Crippen molar-refractivity contribution in [1.82, 2.24) is 0 Å². The normalized spacial score (nSPS) is 10.4. The van der Waals surface area contributed by atoms with Crippen molar-refractivity contribution in [3.63, 3.8) is 0 Å². The monoisotopic (exact) mass is 432 g/mol. The summed E-state index contributed by atoms with van der Waals surface area (Å²) in [5.74, 6) is 0.416. The number of anilines is 2. The number of hydrogen-bond acceptors (Lipinski definition) is 6. The SMILES string of the molecule is CC(=O)Nc1ccc(S(=O)(=O)Nc2ccc(Oc3ccc(C#N)cc3)c(C#N)c2)cc1. The minimum atomic E-state index is -3.91. The average Bonchev–Trinajstić information content (AvgIpc) is 2.75. The van der Waals surface area contributed by atoms with E-state index in [9.17, 15) is 18.5 Å². The standard InChI is InChI=1S/C22H16N4O4S/c1-15(27)25-18-4-9-21(10-5-18)31(28,29)26-19-6-11-22(17(12-19)14-24)30-20-7-2-16(13-23)3-8-20/h2-12,26H,1H3,(H,25,27). The molecule has 0 saturated heterocycles. The number of carbonyl (C=O) groups is 1. The number of nitriles is 2. The van der Waals surface area contributed by atoms with Crippen LogP contribution >= 0.6 is 0 Å². The van der Waals surface area contributed by atoms with E-state index in [0.29, 0.717) is 17.0 Å². The van der Waals surface area contributed by atoms with Gasteiger partial charge in [-0.05, 0) is 66.7 Å². The second kappa shape index (κ2) is 8.99. The molecule has 2 N–H and O–H groups in total. The van der Waals surface area contributed by atoms with E-state index in [4.69, 9.17) is 10.00 Å². The molecule has 9 heteroatoms. The number of amides is 1. The van der Waals surface area contributed by atoms with Crippen molar-refractivity contribution in [2.45, 2.75) is 11.8 Å². The van der Waals surface area contributed by atoms with Crippen molar-refractivity contribution < 1.29 is 17.9 Å². The van der Waals surface area contributed by atoms with Crippen LogP contribution < -0.4 is 14.8 Å². The van der Waals surface area contributed by atoms with Crippen LogP contribution in [0.15, 0.2) is 71.6 Å². The molecule has 154 valence electrons. The van der Waals surface area contributed by atoms with Gasteiger partial charge in [-0.25, -0.2) is 8.42 Å². The van der Waals surface area contributed by atoms with Crippen molar-refractivity contribution >= 4 is 27.3 Å². The van der Waals surface area contributed by atoms with Gasteiger partial charge >= 0.3 is 0 Å². The summed E-state index contributed by atoms with van der Waals surface area (Å²) in [5.41, 5.74) is 1.27. The molecule has 0 spiro atoms. The lowest BCUT2D eigenvalue weighted by molar-refractivity contribution is -0.114. The summed E-state index contributed by atoms with van der Waals surface area (Å²) in [6.45, 7) is 1.35. The molecule has 0 aliphatic rings. The second-order valence-electron chi connectivity index (χ2n) is 6.37. The summed E-state index contributed by atoms with van der Waals surface area (Å²) < 4.78 is 33.4. The molecule has 0 atom stereocenters. The van der Waals surface area contributed by atoms with Gasteiger partial charge in [0.2, 0.25) is 5.91 Å². The first-order valence-corrected chi connectivity index (χ1v) is 10.4. The van der Waals surface area contributed by atoms with Crippen LogP contribution in [0.1, 0.15) is 18.1 Å². The maximum absolute atomic E-state index is 12.6. The Labute approximate surface area is 179 Å². The highest BCUT2D eigenvalue weighted by Gasteiger charge is 2.16.